The number of carbonyl (C=O) groups excluding carboxylic acids is 2. The van der Waals surface area contributed by atoms with E-state index in [2.05, 4.69) is 31.2 Å². The van der Waals surface area contributed by atoms with E-state index in [1.165, 1.54) is 0 Å². The van der Waals surface area contributed by atoms with Crippen molar-refractivity contribution in [1.29, 1.82) is 0 Å². The van der Waals surface area contributed by atoms with E-state index in [1.807, 2.05) is 42.5 Å². The minimum absolute atomic E-state index is 0.0880. The molecule has 3 aromatic heterocycles. The van der Waals surface area contributed by atoms with Crippen molar-refractivity contribution in [3.8, 4) is 45.3 Å². The summed E-state index contributed by atoms with van der Waals surface area (Å²) in [6.07, 6.45) is 6.20. The van der Waals surface area contributed by atoms with Crippen LogP contribution in [-0.2, 0) is 22.7 Å². The largest absolute Gasteiger partial charge is 0.495 e. The van der Waals surface area contributed by atoms with Crippen LogP contribution in [0.5, 0.6) is 11.6 Å². The lowest BCUT2D eigenvalue weighted by Gasteiger charge is -2.16. The predicted molar refractivity (Wildman–Crippen MR) is 185 cm³/mol. The maximum Gasteiger partial charge on any atom is 0.220 e. The Labute approximate surface area is 289 Å². The third-order valence-electron chi connectivity index (χ3n) is 8.57. The highest BCUT2D eigenvalue weighted by molar-refractivity contribution is 6.39. The molecule has 0 bridgehead atoms. The Morgan fingerprint density at radius 1 is 0.833 bits per heavy atom. The van der Waals surface area contributed by atoms with Gasteiger partial charge in [-0.1, -0.05) is 47.5 Å². The Balaban J connectivity index is 1.20. The lowest BCUT2D eigenvalue weighted by atomic mass is 9.99. The molecular formula is C35H37Cl2N7O4. The highest BCUT2D eigenvalue weighted by Gasteiger charge is 2.22. The molecule has 4 aromatic rings. The molecule has 2 atom stereocenters. The van der Waals surface area contributed by atoms with E-state index in [0.29, 0.717) is 83.2 Å². The summed E-state index contributed by atoms with van der Waals surface area (Å²) in [6, 6.07) is 13.6. The summed E-state index contributed by atoms with van der Waals surface area (Å²) in [7, 11) is 3.19. The zero-order chi connectivity index (χ0) is 33.6. The number of nitrogens with zero attached hydrogens (tertiary/aromatic N) is 3. The fourth-order valence-electron chi connectivity index (χ4n) is 6.04. The molecule has 2 fully saturated rings. The van der Waals surface area contributed by atoms with Gasteiger partial charge in [-0.15, -0.1) is 0 Å². The second-order valence-electron chi connectivity index (χ2n) is 11.8. The van der Waals surface area contributed by atoms with Gasteiger partial charge >= 0.3 is 0 Å². The lowest BCUT2D eigenvalue weighted by molar-refractivity contribution is -0.120. The zero-order valence-electron chi connectivity index (χ0n) is 26.7. The first-order valence-electron chi connectivity index (χ1n) is 15.9. The number of hydrogen-bond donors (Lipinski definition) is 4. The van der Waals surface area contributed by atoms with Crippen LogP contribution < -0.4 is 30.7 Å². The first kappa shape index (κ1) is 33.6. The average Bonchev–Trinajstić information content (AvgIpc) is 3.72. The highest BCUT2D eigenvalue weighted by atomic mass is 35.5. The van der Waals surface area contributed by atoms with E-state index in [0.717, 1.165) is 35.2 Å². The number of carbonyl (C=O) groups is 2. The van der Waals surface area contributed by atoms with Gasteiger partial charge in [0.05, 0.1) is 41.3 Å². The van der Waals surface area contributed by atoms with Crippen LogP contribution in [-0.4, -0.2) is 66.2 Å². The summed E-state index contributed by atoms with van der Waals surface area (Å²) in [4.78, 5) is 37.0. The van der Waals surface area contributed by atoms with Gasteiger partial charge in [-0.3, -0.25) is 19.6 Å². The number of rotatable bonds is 13. The summed E-state index contributed by atoms with van der Waals surface area (Å²) >= 11 is 14.1. The Morgan fingerprint density at radius 3 is 2.19 bits per heavy atom. The molecule has 11 nitrogen and oxygen atoms in total. The van der Waals surface area contributed by atoms with Crippen molar-refractivity contribution in [2.45, 2.75) is 50.9 Å². The van der Waals surface area contributed by atoms with E-state index in [1.54, 1.807) is 26.6 Å². The maximum absolute atomic E-state index is 11.5. The van der Waals surface area contributed by atoms with E-state index < -0.39 is 0 Å². The maximum atomic E-state index is 11.5. The van der Waals surface area contributed by atoms with E-state index >= 15 is 0 Å². The van der Waals surface area contributed by atoms with Gasteiger partial charge in [-0.25, -0.2) is 4.98 Å². The van der Waals surface area contributed by atoms with Crippen LogP contribution in [0.25, 0.3) is 33.6 Å². The molecule has 2 aliphatic heterocycles. The van der Waals surface area contributed by atoms with Gasteiger partial charge in [0.2, 0.25) is 17.7 Å². The SMILES string of the molecule is COc1cc(-c2nccc(-c3cccc(-c4ccc(CNC[C@H]5CCC(=O)N5)c(OC)n4)c3Cl)c2Cl)cnc1CNC[C@H]1CCC(=O)N1. The molecule has 0 aliphatic carbocycles. The van der Waals surface area contributed by atoms with Crippen molar-refractivity contribution in [1.82, 2.24) is 36.2 Å². The Morgan fingerprint density at radius 2 is 1.52 bits per heavy atom. The van der Waals surface area contributed by atoms with Crippen molar-refractivity contribution < 1.29 is 19.1 Å². The molecule has 250 valence electrons. The van der Waals surface area contributed by atoms with E-state index in [-0.39, 0.29) is 23.9 Å². The van der Waals surface area contributed by atoms with E-state index in [4.69, 9.17) is 37.7 Å². The van der Waals surface area contributed by atoms with Crippen molar-refractivity contribution >= 4 is 35.0 Å². The van der Waals surface area contributed by atoms with Crippen molar-refractivity contribution in [2.24, 2.45) is 0 Å². The van der Waals surface area contributed by atoms with Crippen LogP contribution >= 0.6 is 23.2 Å². The van der Waals surface area contributed by atoms with Gasteiger partial charge in [-0.2, -0.15) is 0 Å². The molecule has 5 heterocycles. The van der Waals surface area contributed by atoms with Gasteiger partial charge < -0.3 is 30.7 Å². The third kappa shape index (κ3) is 7.55. The van der Waals surface area contributed by atoms with Crippen LogP contribution in [0.4, 0.5) is 0 Å². The Kier molecular flexibility index (Phi) is 10.7. The number of nitrogens with one attached hydrogen (secondary N) is 4. The number of aromatic nitrogens is 3. The molecule has 1 aromatic carbocycles. The minimum Gasteiger partial charge on any atom is -0.495 e. The van der Waals surface area contributed by atoms with Gasteiger partial charge in [0, 0.05) is 91.3 Å². The lowest BCUT2D eigenvalue weighted by Crippen LogP contribution is -2.35. The molecule has 4 N–H and O–H groups in total. The molecule has 2 saturated heterocycles. The van der Waals surface area contributed by atoms with Crippen molar-refractivity contribution in [3.05, 3.63) is 76.2 Å². The average molecular weight is 691 g/mol. The fraction of sp³-hybridized carbons (Fsp3) is 0.343. The number of methoxy groups -OCH3 is 2. The molecule has 2 amide bonds. The molecule has 0 spiro atoms. The standard InChI is InChI=1S/C35H37Cl2N7O4/c1-47-29-14-21(16-41-28(29)19-39-18-23-8-11-31(46)43-23)34-33(37)25(12-13-40-34)24-4-3-5-26(32(24)36)27-9-6-20(35(44-27)48-2)15-38-17-22-7-10-30(45)42-22/h3-6,9,12-14,16,22-23,38-39H,7-8,10-11,15,17-19H2,1-2H3,(H,42,45)(H,43,46)/t22-,23-/m1/s1. The summed E-state index contributed by atoms with van der Waals surface area (Å²) in [5.41, 5.74) is 5.70. The Hall–Kier alpha value is -4.29. The molecule has 48 heavy (non-hydrogen) atoms. The molecule has 0 unspecified atom stereocenters. The van der Waals surface area contributed by atoms with Crippen LogP contribution in [0.1, 0.15) is 36.9 Å². The number of halogens is 2. The first-order chi connectivity index (χ1) is 23.3. The molecule has 13 heteroatoms. The monoisotopic (exact) mass is 689 g/mol. The second-order valence-corrected chi connectivity index (χ2v) is 12.6. The van der Waals surface area contributed by atoms with E-state index in [9.17, 15) is 9.59 Å². The van der Waals surface area contributed by atoms with Gasteiger partial charge in [0.25, 0.3) is 0 Å². The number of pyridine rings is 3. The summed E-state index contributed by atoms with van der Waals surface area (Å²) < 4.78 is 11.3. The van der Waals surface area contributed by atoms with Crippen molar-refractivity contribution in [2.75, 3.05) is 27.3 Å². The third-order valence-corrected chi connectivity index (χ3v) is 9.36. The first-order valence-corrected chi connectivity index (χ1v) is 16.6. The zero-order valence-corrected chi connectivity index (χ0v) is 28.3. The number of ether oxygens (including phenoxy) is 2. The Bertz CT molecular complexity index is 1690. The molecule has 6 rings (SSSR count). The fourth-order valence-corrected chi connectivity index (χ4v) is 6.69. The smallest absolute Gasteiger partial charge is 0.220 e. The van der Waals surface area contributed by atoms with Crippen LogP contribution in [0.3, 0.4) is 0 Å². The number of benzene rings is 1. The number of hydrogen-bond acceptors (Lipinski definition) is 9. The molecule has 0 radical (unpaired) electrons. The second kappa shape index (κ2) is 15.3. The quantitative estimate of drug-likeness (QED) is 0.154. The molecule has 0 saturated carbocycles. The summed E-state index contributed by atoms with van der Waals surface area (Å²) in [6.45, 7) is 2.35. The van der Waals surface area contributed by atoms with Gasteiger partial charge in [0.1, 0.15) is 5.75 Å². The number of amides is 2. The summed E-state index contributed by atoms with van der Waals surface area (Å²) in [5, 5.41) is 13.6. The van der Waals surface area contributed by atoms with Gasteiger partial charge in [0.15, 0.2) is 0 Å². The van der Waals surface area contributed by atoms with Crippen LogP contribution in [0.15, 0.2) is 54.9 Å². The predicted octanol–water partition coefficient (Wildman–Crippen LogP) is 4.93. The van der Waals surface area contributed by atoms with Crippen LogP contribution in [0.2, 0.25) is 10.0 Å². The molecule has 2 aliphatic rings. The minimum atomic E-state index is 0.0880. The summed E-state index contributed by atoms with van der Waals surface area (Å²) in [5.74, 6) is 1.28. The highest BCUT2D eigenvalue weighted by Crippen LogP contribution is 2.42. The normalized spacial score (nSPS) is 17.3. The van der Waals surface area contributed by atoms with Crippen molar-refractivity contribution in [3.63, 3.8) is 0 Å². The van der Waals surface area contributed by atoms with Gasteiger partial charge in [-0.05, 0) is 31.0 Å². The molecular weight excluding hydrogens is 653 g/mol. The topological polar surface area (TPSA) is 139 Å². The van der Waals surface area contributed by atoms with Crippen LogP contribution in [0, 0.1) is 0 Å².